The van der Waals surface area contributed by atoms with Crippen LogP contribution in [0.3, 0.4) is 0 Å². The molecular weight excluding hydrogens is 439 g/mol. The third-order valence-corrected chi connectivity index (χ3v) is 5.56. The lowest BCUT2D eigenvalue weighted by molar-refractivity contribution is -0.116. The molecular formula is C22H22ClFN4O4. The molecule has 32 heavy (non-hydrogen) atoms. The molecule has 1 N–H and O–H groups in total. The predicted octanol–water partition coefficient (Wildman–Crippen LogP) is 3.63. The maximum Gasteiger partial charge on any atom is 0.336 e. The van der Waals surface area contributed by atoms with Gasteiger partial charge in [-0.25, -0.2) is 9.07 Å². The molecule has 0 spiro atoms. The van der Waals surface area contributed by atoms with E-state index in [-0.39, 0.29) is 12.4 Å². The highest BCUT2D eigenvalue weighted by Gasteiger charge is 2.60. The summed E-state index contributed by atoms with van der Waals surface area (Å²) in [6.07, 6.45) is -1.33. The summed E-state index contributed by atoms with van der Waals surface area (Å²) in [5.74, 6) is 0.673. The first kappa shape index (κ1) is 22.0. The lowest BCUT2D eigenvalue weighted by Crippen LogP contribution is -2.27. The van der Waals surface area contributed by atoms with Crippen molar-refractivity contribution in [3.8, 4) is 28.8 Å². The van der Waals surface area contributed by atoms with E-state index >= 15 is 0 Å². The Morgan fingerprint density at radius 1 is 1.25 bits per heavy atom. The Bertz CT molecular complexity index is 1110. The monoisotopic (exact) mass is 460 g/mol. The van der Waals surface area contributed by atoms with Crippen molar-refractivity contribution in [3.05, 3.63) is 48.5 Å². The fourth-order valence-corrected chi connectivity index (χ4v) is 3.25. The summed E-state index contributed by atoms with van der Waals surface area (Å²) in [5.41, 5.74) is 1.87. The molecule has 1 aliphatic rings. The molecule has 1 saturated carbocycles. The van der Waals surface area contributed by atoms with E-state index in [2.05, 4.69) is 15.4 Å². The summed E-state index contributed by atoms with van der Waals surface area (Å²) in [4.78, 5) is 15.3. The van der Waals surface area contributed by atoms with Gasteiger partial charge in [0.25, 0.3) is 0 Å². The minimum absolute atomic E-state index is 0.00689. The van der Waals surface area contributed by atoms with Crippen LogP contribution < -0.4 is 14.8 Å². The summed E-state index contributed by atoms with van der Waals surface area (Å²) in [6.45, 7) is 0.685. The first-order chi connectivity index (χ1) is 15.4. The highest BCUT2D eigenvalue weighted by atomic mass is 35.5. The van der Waals surface area contributed by atoms with Crippen LogP contribution in [0.15, 0.2) is 48.5 Å². The smallest absolute Gasteiger partial charge is 0.336 e. The molecule has 8 nitrogen and oxygen atoms in total. The van der Waals surface area contributed by atoms with Gasteiger partial charge in [0.05, 0.1) is 19.4 Å². The molecule has 4 rings (SSSR count). The third kappa shape index (κ3) is 4.53. The number of nitrogens with one attached hydrogen (secondary N) is 1. The van der Waals surface area contributed by atoms with Gasteiger partial charge in [0.15, 0.2) is 10.7 Å². The summed E-state index contributed by atoms with van der Waals surface area (Å²) < 4.78 is 30.9. The van der Waals surface area contributed by atoms with E-state index in [4.69, 9.17) is 25.8 Å². The van der Waals surface area contributed by atoms with E-state index < -0.39 is 17.0 Å². The van der Waals surface area contributed by atoms with Crippen LogP contribution in [0.4, 0.5) is 10.1 Å². The zero-order valence-electron chi connectivity index (χ0n) is 17.5. The molecule has 10 heteroatoms. The SMILES string of the molecule is COCCOc1nc(-c2ccc(OC)cc2)n(-c2cccc(NC(=O)C3(Cl)CC3F)c2)n1. The predicted molar refractivity (Wildman–Crippen MR) is 117 cm³/mol. The number of carbonyl (C=O) groups excluding carboxylic acids is 1. The number of benzene rings is 2. The number of alkyl halides is 2. The topological polar surface area (TPSA) is 87.5 Å². The molecule has 2 unspecified atom stereocenters. The molecule has 1 fully saturated rings. The van der Waals surface area contributed by atoms with Gasteiger partial charge < -0.3 is 19.5 Å². The van der Waals surface area contributed by atoms with Crippen molar-refractivity contribution in [2.24, 2.45) is 0 Å². The number of hydrogen-bond acceptors (Lipinski definition) is 6. The Balaban J connectivity index is 1.65. The van der Waals surface area contributed by atoms with E-state index in [0.717, 1.165) is 5.56 Å². The molecule has 1 aliphatic carbocycles. The minimum Gasteiger partial charge on any atom is -0.497 e. The van der Waals surface area contributed by atoms with E-state index in [1.54, 1.807) is 37.1 Å². The average Bonchev–Trinajstić information content (AvgIpc) is 3.22. The summed E-state index contributed by atoms with van der Waals surface area (Å²) in [6, 6.07) is 14.5. The Labute approximate surface area is 189 Å². The third-order valence-electron chi connectivity index (χ3n) is 4.99. The largest absolute Gasteiger partial charge is 0.497 e. The zero-order valence-corrected chi connectivity index (χ0v) is 18.3. The van der Waals surface area contributed by atoms with E-state index in [1.807, 2.05) is 30.3 Å². The molecule has 2 atom stereocenters. The molecule has 1 aromatic heterocycles. The Kier molecular flexibility index (Phi) is 6.29. The van der Waals surface area contributed by atoms with Crippen LogP contribution in [-0.4, -0.2) is 59.2 Å². The van der Waals surface area contributed by atoms with Crippen LogP contribution in [0.5, 0.6) is 11.8 Å². The second kappa shape index (κ2) is 9.13. The summed E-state index contributed by atoms with van der Waals surface area (Å²) in [5, 5.41) is 7.13. The highest BCUT2D eigenvalue weighted by Crippen LogP contribution is 2.46. The van der Waals surface area contributed by atoms with Crippen LogP contribution in [-0.2, 0) is 9.53 Å². The molecule has 0 radical (unpaired) electrons. The van der Waals surface area contributed by atoms with Gasteiger partial charge in [-0.2, -0.15) is 4.98 Å². The van der Waals surface area contributed by atoms with E-state index in [0.29, 0.717) is 36.2 Å². The van der Waals surface area contributed by atoms with Gasteiger partial charge in [-0.05, 0) is 42.5 Å². The van der Waals surface area contributed by atoms with Gasteiger partial charge in [0, 0.05) is 24.8 Å². The lowest BCUT2D eigenvalue weighted by Gasteiger charge is -2.11. The first-order valence-electron chi connectivity index (χ1n) is 9.92. The van der Waals surface area contributed by atoms with Crippen LogP contribution in [0.25, 0.3) is 17.1 Å². The number of halogens is 2. The molecule has 0 aliphatic heterocycles. The Morgan fingerprint density at radius 2 is 2.00 bits per heavy atom. The van der Waals surface area contributed by atoms with Crippen molar-refractivity contribution in [3.63, 3.8) is 0 Å². The summed E-state index contributed by atoms with van der Waals surface area (Å²) in [7, 11) is 3.17. The van der Waals surface area contributed by atoms with E-state index in [1.165, 1.54) is 0 Å². The number of methoxy groups -OCH3 is 2. The number of hydrogen-bond donors (Lipinski definition) is 1. The normalized spacial score (nSPS) is 19.4. The molecule has 1 amide bonds. The van der Waals surface area contributed by atoms with Crippen molar-refractivity contribution in [2.75, 3.05) is 32.8 Å². The number of rotatable bonds is 9. The van der Waals surface area contributed by atoms with Crippen LogP contribution in [0.2, 0.25) is 0 Å². The number of carbonyl (C=O) groups is 1. The lowest BCUT2D eigenvalue weighted by atomic mass is 10.2. The van der Waals surface area contributed by atoms with Gasteiger partial charge in [0.2, 0.25) is 5.91 Å². The molecule has 0 bridgehead atoms. The van der Waals surface area contributed by atoms with Crippen LogP contribution >= 0.6 is 11.6 Å². The Hall–Kier alpha value is -3.17. The fourth-order valence-electron chi connectivity index (χ4n) is 3.06. The van der Waals surface area contributed by atoms with E-state index in [9.17, 15) is 9.18 Å². The van der Waals surface area contributed by atoms with Crippen molar-refractivity contribution >= 4 is 23.2 Å². The number of aromatic nitrogens is 3. The summed E-state index contributed by atoms with van der Waals surface area (Å²) >= 11 is 5.99. The van der Waals surface area contributed by atoms with Gasteiger partial charge in [-0.1, -0.05) is 6.07 Å². The maximum absolute atomic E-state index is 13.4. The van der Waals surface area contributed by atoms with Crippen molar-refractivity contribution in [1.29, 1.82) is 0 Å². The van der Waals surface area contributed by atoms with Crippen molar-refractivity contribution < 1.29 is 23.4 Å². The number of amides is 1. The highest BCUT2D eigenvalue weighted by molar-refractivity contribution is 6.39. The zero-order chi connectivity index (χ0) is 22.7. The molecule has 1 heterocycles. The quantitative estimate of drug-likeness (QED) is 0.387. The molecule has 3 aromatic rings. The second-order valence-electron chi connectivity index (χ2n) is 7.24. The second-order valence-corrected chi connectivity index (χ2v) is 7.91. The van der Waals surface area contributed by atoms with Crippen LogP contribution in [0.1, 0.15) is 6.42 Å². The average molecular weight is 461 g/mol. The molecule has 0 saturated heterocycles. The maximum atomic E-state index is 13.4. The first-order valence-corrected chi connectivity index (χ1v) is 10.3. The van der Waals surface area contributed by atoms with Gasteiger partial charge in [-0.3, -0.25) is 4.79 Å². The van der Waals surface area contributed by atoms with Crippen molar-refractivity contribution in [1.82, 2.24) is 14.8 Å². The Morgan fingerprint density at radius 3 is 2.66 bits per heavy atom. The minimum atomic E-state index is -1.49. The number of anilines is 1. The number of nitrogens with zero attached hydrogens (tertiary/aromatic N) is 3. The van der Waals surface area contributed by atoms with Crippen molar-refractivity contribution in [2.45, 2.75) is 17.5 Å². The fraction of sp³-hybridized carbons (Fsp3) is 0.318. The van der Waals surface area contributed by atoms with Crippen LogP contribution in [0, 0.1) is 0 Å². The molecule has 2 aromatic carbocycles. The van der Waals surface area contributed by atoms with Gasteiger partial charge in [0.1, 0.15) is 18.5 Å². The van der Waals surface area contributed by atoms with Gasteiger partial charge >= 0.3 is 6.01 Å². The number of ether oxygens (including phenoxy) is 3. The van der Waals surface area contributed by atoms with Gasteiger partial charge in [-0.15, -0.1) is 16.7 Å². The molecule has 168 valence electrons. The standard InChI is InChI=1S/C22H22ClFN4O4/c1-30-10-11-32-21-26-19(14-6-8-17(31-2)9-7-14)28(27-21)16-5-3-4-15(12-16)25-20(29)22(23)13-18(22)24/h3-9,12,18H,10-11,13H2,1-2H3,(H,25,29).